The molecule has 4 heterocycles. The van der Waals surface area contributed by atoms with E-state index in [0.717, 1.165) is 42.5 Å². The van der Waals surface area contributed by atoms with Crippen LogP contribution in [0.15, 0.2) is 42.5 Å². The zero-order chi connectivity index (χ0) is 18.4. The highest BCUT2D eigenvalue weighted by molar-refractivity contribution is 5.83. The van der Waals surface area contributed by atoms with Gasteiger partial charge in [0.15, 0.2) is 0 Å². The van der Waals surface area contributed by atoms with Crippen molar-refractivity contribution in [3.05, 3.63) is 65.0 Å². The molecule has 27 heavy (non-hydrogen) atoms. The Balaban J connectivity index is 1.64. The number of fused-ring (bicyclic) bond motifs is 5. The van der Waals surface area contributed by atoms with E-state index in [4.69, 9.17) is 0 Å². The first-order valence-electron chi connectivity index (χ1n) is 9.80. The Labute approximate surface area is 158 Å². The number of rotatable bonds is 4. The summed E-state index contributed by atoms with van der Waals surface area (Å²) in [5.41, 5.74) is 5.88. The van der Waals surface area contributed by atoms with Crippen LogP contribution in [-0.4, -0.2) is 32.6 Å². The van der Waals surface area contributed by atoms with Crippen LogP contribution in [0.1, 0.15) is 47.5 Å². The minimum absolute atomic E-state index is 0.383. The quantitative estimate of drug-likeness (QED) is 0.762. The van der Waals surface area contributed by atoms with Gasteiger partial charge in [0, 0.05) is 30.3 Å². The molecule has 1 N–H and O–H groups in total. The molecule has 2 aromatic heterocycles. The Kier molecular flexibility index (Phi) is 4.21. The van der Waals surface area contributed by atoms with Crippen molar-refractivity contribution in [3.8, 4) is 0 Å². The second-order valence-corrected chi connectivity index (χ2v) is 7.65. The van der Waals surface area contributed by atoms with Crippen LogP contribution in [0.2, 0.25) is 0 Å². The van der Waals surface area contributed by atoms with Gasteiger partial charge >= 0.3 is 0 Å². The summed E-state index contributed by atoms with van der Waals surface area (Å²) in [6.45, 7) is 2.13. The number of hydrogen-bond donors (Lipinski definition) is 1. The van der Waals surface area contributed by atoms with Crippen LogP contribution in [0.25, 0.3) is 11.0 Å². The molecule has 5 rings (SSSR count). The third-order valence-corrected chi connectivity index (χ3v) is 6.12. The maximum absolute atomic E-state index is 13.3. The predicted molar refractivity (Wildman–Crippen MR) is 103 cm³/mol. The lowest BCUT2D eigenvalue weighted by atomic mass is 9.98. The minimum atomic E-state index is -0.576. The van der Waals surface area contributed by atoms with E-state index in [0.29, 0.717) is 18.3 Å². The van der Waals surface area contributed by atoms with Crippen LogP contribution in [0, 0.1) is 0 Å². The van der Waals surface area contributed by atoms with Crippen LogP contribution < -0.4 is 0 Å². The topological polar surface area (TPSA) is 41.3 Å². The number of aliphatic hydroxyl groups is 1. The van der Waals surface area contributed by atoms with Gasteiger partial charge in [-0.05, 0) is 37.1 Å². The number of aromatic nitrogens is 2. The summed E-state index contributed by atoms with van der Waals surface area (Å²) in [5.74, 6) is 0. The first-order valence-corrected chi connectivity index (χ1v) is 9.80. The summed E-state index contributed by atoms with van der Waals surface area (Å²) < 4.78 is 15.5. The highest BCUT2D eigenvalue weighted by atomic mass is 19.1. The molecule has 0 radical (unpaired) electrons. The summed E-state index contributed by atoms with van der Waals surface area (Å²) in [6, 6.07) is 13.9. The Bertz CT molecular complexity index is 969. The van der Waals surface area contributed by atoms with Gasteiger partial charge in [-0.1, -0.05) is 30.3 Å². The SMILES string of the molecule is OC(Cn1c2c(c3nc(CF)ccc31)C1CCCN1CC2)c1ccccc1. The lowest BCUT2D eigenvalue weighted by Crippen LogP contribution is -2.31. The van der Waals surface area contributed by atoms with E-state index < -0.39 is 12.8 Å². The van der Waals surface area contributed by atoms with E-state index in [1.807, 2.05) is 36.4 Å². The third-order valence-electron chi connectivity index (χ3n) is 6.12. The van der Waals surface area contributed by atoms with Gasteiger partial charge in [-0.25, -0.2) is 9.37 Å². The minimum Gasteiger partial charge on any atom is -0.387 e. The smallest absolute Gasteiger partial charge is 0.131 e. The van der Waals surface area contributed by atoms with Crippen LogP contribution in [-0.2, 0) is 19.6 Å². The molecule has 4 nitrogen and oxygen atoms in total. The maximum atomic E-state index is 13.3. The Morgan fingerprint density at radius 1 is 1.15 bits per heavy atom. The van der Waals surface area contributed by atoms with Crippen LogP contribution in [0.3, 0.4) is 0 Å². The van der Waals surface area contributed by atoms with Crippen molar-refractivity contribution < 1.29 is 9.50 Å². The predicted octanol–water partition coefficient (Wildman–Crippen LogP) is 3.93. The first-order chi connectivity index (χ1) is 13.3. The highest BCUT2D eigenvalue weighted by Crippen LogP contribution is 2.42. The molecule has 0 saturated carbocycles. The molecular formula is C22H24FN3O. The zero-order valence-electron chi connectivity index (χ0n) is 15.3. The summed E-state index contributed by atoms with van der Waals surface area (Å²) in [4.78, 5) is 7.20. The highest BCUT2D eigenvalue weighted by Gasteiger charge is 2.36. The first kappa shape index (κ1) is 16.9. The van der Waals surface area contributed by atoms with E-state index in [1.165, 1.54) is 17.7 Å². The number of pyridine rings is 1. The van der Waals surface area contributed by atoms with Gasteiger partial charge in [-0.2, -0.15) is 0 Å². The fraction of sp³-hybridized carbons (Fsp3) is 0.409. The number of aliphatic hydroxyl groups excluding tert-OH is 1. The van der Waals surface area contributed by atoms with Crippen molar-refractivity contribution in [2.24, 2.45) is 0 Å². The van der Waals surface area contributed by atoms with Crippen LogP contribution >= 0.6 is 0 Å². The summed E-state index contributed by atoms with van der Waals surface area (Å²) in [6.07, 6.45) is 2.71. The second kappa shape index (κ2) is 6.73. The Morgan fingerprint density at radius 3 is 2.81 bits per heavy atom. The lowest BCUT2D eigenvalue weighted by Gasteiger charge is -2.31. The number of halogens is 1. The number of alkyl halides is 1. The molecule has 1 saturated heterocycles. The van der Waals surface area contributed by atoms with E-state index >= 15 is 0 Å². The molecule has 2 aliphatic rings. The van der Waals surface area contributed by atoms with Gasteiger partial charge in [0.1, 0.15) is 6.67 Å². The normalized spacial score (nSPS) is 20.6. The van der Waals surface area contributed by atoms with Crippen molar-refractivity contribution >= 4 is 11.0 Å². The lowest BCUT2D eigenvalue weighted by molar-refractivity contribution is 0.155. The molecule has 1 fully saturated rings. The fourth-order valence-electron chi connectivity index (χ4n) is 4.86. The van der Waals surface area contributed by atoms with Crippen molar-refractivity contribution in [3.63, 3.8) is 0 Å². The third kappa shape index (κ3) is 2.77. The van der Waals surface area contributed by atoms with E-state index in [1.54, 1.807) is 6.07 Å². The average molecular weight is 365 g/mol. The van der Waals surface area contributed by atoms with Gasteiger partial charge in [-0.3, -0.25) is 4.90 Å². The molecule has 0 amide bonds. The van der Waals surface area contributed by atoms with E-state index in [9.17, 15) is 9.50 Å². The fourth-order valence-corrected chi connectivity index (χ4v) is 4.86. The molecule has 0 spiro atoms. The largest absolute Gasteiger partial charge is 0.387 e. The molecule has 2 aliphatic heterocycles. The molecule has 0 aliphatic carbocycles. The molecule has 1 aromatic carbocycles. The average Bonchev–Trinajstić information content (AvgIpc) is 3.31. The van der Waals surface area contributed by atoms with Crippen LogP contribution in [0.4, 0.5) is 4.39 Å². The van der Waals surface area contributed by atoms with Gasteiger partial charge in [-0.15, -0.1) is 0 Å². The van der Waals surface area contributed by atoms with Crippen LogP contribution in [0.5, 0.6) is 0 Å². The Hall–Kier alpha value is -2.24. The van der Waals surface area contributed by atoms with Crippen molar-refractivity contribution in [2.45, 2.75) is 44.6 Å². The van der Waals surface area contributed by atoms with Gasteiger partial charge in [0.25, 0.3) is 0 Å². The van der Waals surface area contributed by atoms with E-state index in [-0.39, 0.29) is 0 Å². The molecule has 2 atom stereocenters. The molecule has 3 aromatic rings. The molecule has 140 valence electrons. The molecule has 0 bridgehead atoms. The summed E-state index contributed by atoms with van der Waals surface area (Å²) in [7, 11) is 0. The molecule has 2 unspecified atom stereocenters. The summed E-state index contributed by atoms with van der Waals surface area (Å²) in [5, 5.41) is 10.8. The number of benzene rings is 1. The number of hydrogen-bond acceptors (Lipinski definition) is 3. The standard InChI is InChI=1S/C22H24FN3O/c23-13-16-8-9-19-22(24-16)21-17-7-4-11-25(17)12-10-18(21)26(19)14-20(27)15-5-2-1-3-6-15/h1-3,5-6,8-9,17,20,27H,4,7,10-14H2. The molecule has 5 heteroatoms. The number of nitrogens with zero attached hydrogens (tertiary/aromatic N) is 3. The van der Waals surface area contributed by atoms with Crippen molar-refractivity contribution in [1.82, 2.24) is 14.5 Å². The van der Waals surface area contributed by atoms with Crippen molar-refractivity contribution in [1.29, 1.82) is 0 Å². The second-order valence-electron chi connectivity index (χ2n) is 7.65. The Morgan fingerprint density at radius 2 is 2.00 bits per heavy atom. The summed E-state index contributed by atoms with van der Waals surface area (Å²) >= 11 is 0. The van der Waals surface area contributed by atoms with Gasteiger partial charge in [0.05, 0.1) is 29.4 Å². The van der Waals surface area contributed by atoms with Crippen molar-refractivity contribution in [2.75, 3.05) is 13.1 Å². The van der Waals surface area contributed by atoms with Gasteiger partial charge < -0.3 is 9.67 Å². The molecular weight excluding hydrogens is 341 g/mol. The maximum Gasteiger partial charge on any atom is 0.131 e. The monoisotopic (exact) mass is 365 g/mol. The zero-order valence-corrected chi connectivity index (χ0v) is 15.3. The van der Waals surface area contributed by atoms with Gasteiger partial charge in [0.2, 0.25) is 0 Å². The van der Waals surface area contributed by atoms with E-state index in [2.05, 4.69) is 14.5 Å².